The molecule has 2 aromatic rings. The van der Waals surface area contributed by atoms with Crippen LogP contribution in [0.25, 0.3) is 0 Å². The molecule has 0 radical (unpaired) electrons. The van der Waals surface area contributed by atoms with Crippen molar-refractivity contribution in [2.45, 2.75) is 24.7 Å². The lowest BCUT2D eigenvalue weighted by Gasteiger charge is -2.05. The van der Waals surface area contributed by atoms with Crippen molar-refractivity contribution >= 4 is 10.0 Å². The number of para-hydroxylation sites is 1. The number of benzene rings is 2. The summed E-state index contributed by atoms with van der Waals surface area (Å²) in [5, 5.41) is 0. The molecule has 0 saturated carbocycles. The first-order valence-electron chi connectivity index (χ1n) is 7.77. The Morgan fingerprint density at radius 1 is 1.08 bits per heavy atom. The highest BCUT2D eigenvalue weighted by molar-refractivity contribution is 7.89. The number of nitrogens with one attached hydrogen (secondary N) is 1. The lowest BCUT2D eigenvalue weighted by atomic mass is 10.1. The van der Waals surface area contributed by atoms with Gasteiger partial charge >= 0.3 is 0 Å². The Labute approximate surface area is 143 Å². The van der Waals surface area contributed by atoms with Crippen molar-refractivity contribution in [1.29, 1.82) is 0 Å². The van der Waals surface area contributed by atoms with Crippen molar-refractivity contribution in [2.75, 3.05) is 13.7 Å². The monoisotopic (exact) mass is 343 g/mol. The zero-order chi connectivity index (χ0) is 17.4. The van der Waals surface area contributed by atoms with Crippen LogP contribution in [-0.4, -0.2) is 22.1 Å². The molecule has 0 bridgehead atoms. The van der Waals surface area contributed by atoms with Gasteiger partial charge in [-0.25, -0.2) is 8.42 Å². The fourth-order valence-electron chi connectivity index (χ4n) is 2.23. The summed E-state index contributed by atoms with van der Waals surface area (Å²) in [6.07, 6.45) is 1.97. The van der Waals surface area contributed by atoms with E-state index in [1.165, 1.54) is 0 Å². The minimum atomic E-state index is -3.55. The van der Waals surface area contributed by atoms with E-state index in [1.54, 1.807) is 19.2 Å². The third kappa shape index (κ3) is 4.85. The quantitative estimate of drug-likeness (QED) is 0.821. The van der Waals surface area contributed by atoms with Gasteiger partial charge in [0.25, 0.3) is 0 Å². The summed E-state index contributed by atoms with van der Waals surface area (Å²) < 4.78 is 32.2. The highest BCUT2D eigenvalue weighted by atomic mass is 32.2. The fourth-order valence-corrected chi connectivity index (χ4v) is 3.15. The Kier molecular flexibility index (Phi) is 6.42. The number of hydrogen-bond acceptors (Lipinski definition) is 3. The van der Waals surface area contributed by atoms with Crippen molar-refractivity contribution in [3.63, 3.8) is 0 Å². The van der Waals surface area contributed by atoms with Gasteiger partial charge in [0, 0.05) is 0 Å². The molecular formula is C19H21NO3S. The SMILES string of the molecule is CCCc1ccc(S(=O)(=O)NCC#Cc2ccccc2OC)cc1. The van der Waals surface area contributed by atoms with Crippen molar-refractivity contribution < 1.29 is 13.2 Å². The molecule has 0 spiro atoms. The standard InChI is InChI=1S/C19H21NO3S/c1-3-7-16-11-13-18(14-12-16)24(21,22)20-15-6-9-17-8-4-5-10-19(17)23-2/h4-5,8,10-14,20H,3,7,15H2,1-2H3. The normalized spacial score (nSPS) is 10.8. The first kappa shape index (κ1) is 18.1. The van der Waals surface area contributed by atoms with Gasteiger partial charge < -0.3 is 4.74 Å². The van der Waals surface area contributed by atoms with Gasteiger partial charge in [-0.15, -0.1) is 0 Å². The van der Waals surface area contributed by atoms with Crippen LogP contribution in [0.4, 0.5) is 0 Å². The molecule has 0 amide bonds. The zero-order valence-corrected chi connectivity index (χ0v) is 14.7. The number of rotatable bonds is 6. The van der Waals surface area contributed by atoms with Crippen molar-refractivity contribution in [3.05, 3.63) is 59.7 Å². The third-order valence-electron chi connectivity index (χ3n) is 3.45. The second-order valence-corrected chi connectivity index (χ2v) is 6.99. The fraction of sp³-hybridized carbons (Fsp3) is 0.263. The van der Waals surface area contributed by atoms with E-state index >= 15 is 0 Å². The summed E-state index contributed by atoms with van der Waals surface area (Å²) in [6.45, 7) is 2.13. The maximum absolute atomic E-state index is 12.2. The highest BCUT2D eigenvalue weighted by Gasteiger charge is 2.12. The Morgan fingerprint density at radius 3 is 2.46 bits per heavy atom. The van der Waals surface area contributed by atoms with E-state index in [1.807, 2.05) is 36.4 Å². The molecule has 4 nitrogen and oxygen atoms in total. The van der Waals surface area contributed by atoms with Gasteiger partial charge in [-0.05, 0) is 36.2 Å². The van der Waals surface area contributed by atoms with Gasteiger partial charge in [0.05, 0.1) is 24.1 Å². The number of aryl methyl sites for hydroxylation is 1. The molecule has 0 fully saturated rings. The van der Waals surface area contributed by atoms with Gasteiger partial charge in [0.15, 0.2) is 0 Å². The van der Waals surface area contributed by atoms with E-state index in [2.05, 4.69) is 23.5 Å². The van der Waals surface area contributed by atoms with Crippen molar-refractivity contribution in [1.82, 2.24) is 4.72 Å². The molecule has 2 aromatic carbocycles. The Balaban J connectivity index is 2.02. The second kappa shape index (κ2) is 8.53. The largest absolute Gasteiger partial charge is 0.495 e. The predicted molar refractivity (Wildman–Crippen MR) is 95.5 cm³/mol. The van der Waals surface area contributed by atoms with Gasteiger partial charge in [-0.3, -0.25) is 0 Å². The van der Waals surface area contributed by atoms with E-state index < -0.39 is 10.0 Å². The molecule has 1 N–H and O–H groups in total. The van der Waals surface area contributed by atoms with Gasteiger partial charge in [-0.2, -0.15) is 4.72 Å². The number of methoxy groups -OCH3 is 1. The van der Waals surface area contributed by atoms with Crippen LogP contribution in [-0.2, 0) is 16.4 Å². The minimum absolute atomic E-state index is 0.0388. The number of ether oxygens (including phenoxy) is 1. The smallest absolute Gasteiger partial charge is 0.241 e. The Morgan fingerprint density at radius 2 is 1.79 bits per heavy atom. The molecule has 0 heterocycles. The molecule has 0 aliphatic carbocycles. The first-order valence-corrected chi connectivity index (χ1v) is 9.25. The lowest BCUT2D eigenvalue weighted by Crippen LogP contribution is -2.24. The molecule has 5 heteroatoms. The number of hydrogen-bond donors (Lipinski definition) is 1. The molecule has 0 aliphatic heterocycles. The Hall–Kier alpha value is -2.29. The molecule has 2 rings (SSSR count). The molecule has 0 aliphatic rings. The molecule has 126 valence electrons. The summed E-state index contributed by atoms with van der Waals surface area (Å²) in [6, 6.07) is 14.3. The topological polar surface area (TPSA) is 55.4 Å². The minimum Gasteiger partial charge on any atom is -0.495 e. The molecule has 0 aromatic heterocycles. The molecule has 0 unspecified atom stereocenters. The van der Waals surface area contributed by atoms with E-state index in [0.29, 0.717) is 5.75 Å². The summed E-state index contributed by atoms with van der Waals surface area (Å²) in [4.78, 5) is 0.251. The maximum Gasteiger partial charge on any atom is 0.241 e. The maximum atomic E-state index is 12.2. The van der Waals surface area contributed by atoms with Crippen LogP contribution in [0.2, 0.25) is 0 Å². The van der Waals surface area contributed by atoms with Crippen LogP contribution in [0.5, 0.6) is 5.75 Å². The summed E-state index contributed by atoms with van der Waals surface area (Å²) >= 11 is 0. The van der Waals surface area contributed by atoms with E-state index in [4.69, 9.17) is 4.74 Å². The molecule has 0 saturated heterocycles. The van der Waals surface area contributed by atoms with Gasteiger partial charge in [0.1, 0.15) is 5.75 Å². The van der Waals surface area contributed by atoms with E-state index in [0.717, 1.165) is 24.0 Å². The molecule has 0 atom stereocenters. The van der Waals surface area contributed by atoms with Crippen LogP contribution < -0.4 is 9.46 Å². The van der Waals surface area contributed by atoms with Crippen LogP contribution >= 0.6 is 0 Å². The van der Waals surface area contributed by atoms with Crippen LogP contribution in [0, 0.1) is 11.8 Å². The molecule has 24 heavy (non-hydrogen) atoms. The number of sulfonamides is 1. The van der Waals surface area contributed by atoms with E-state index in [-0.39, 0.29) is 11.4 Å². The van der Waals surface area contributed by atoms with Crippen LogP contribution in [0.1, 0.15) is 24.5 Å². The van der Waals surface area contributed by atoms with Crippen LogP contribution in [0.3, 0.4) is 0 Å². The predicted octanol–water partition coefficient (Wildman–Crippen LogP) is 2.98. The summed E-state index contributed by atoms with van der Waals surface area (Å²) in [5.41, 5.74) is 1.86. The summed E-state index contributed by atoms with van der Waals surface area (Å²) in [7, 11) is -1.97. The zero-order valence-electron chi connectivity index (χ0n) is 13.9. The first-order chi connectivity index (χ1) is 11.6. The van der Waals surface area contributed by atoms with Gasteiger partial charge in [-0.1, -0.05) is 49.5 Å². The van der Waals surface area contributed by atoms with Crippen LogP contribution in [0.15, 0.2) is 53.4 Å². The summed E-state index contributed by atoms with van der Waals surface area (Å²) in [5.74, 6) is 6.39. The van der Waals surface area contributed by atoms with Crippen molar-refractivity contribution in [3.8, 4) is 17.6 Å². The average molecular weight is 343 g/mol. The lowest BCUT2D eigenvalue weighted by molar-refractivity contribution is 0.413. The Bertz CT molecular complexity index is 831. The van der Waals surface area contributed by atoms with Gasteiger partial charge in [0.2, 0.25) is 10.0 Å². The highest BCUT2D eigenvalue weighted by Crippen LogP contribution is 2.15. The second-order valence-electron chi connectivity index (χ2n) is 5.22. The average Bonchev–Trinajstić information content (AvgIpc) is 2.60. The third-order valence-corrected chi connectivity index (χ3v) is 4.87. The molecular weight excluding hydrogens is 322 g/mol. The van der Waals surface area contributed by atoms with E-state index in [9.17, 15) is 8.42 Å². The van der Waals surface area contributed by atoms with Crippen molar-refractivity contribution in [2.24, 2.45) is 0 Å².